The first kappa shape index (κ1) is 27.3. The minimum absolute atomic E-state index is 0.132. The number of amides is 3. The Labute approximate surface area is 213 Å². The molecule has 0 saturated carbocycles. The molecule has 0 unspecified atom stereocenters. The van der Waals surface area contributed by atoms with Gasteiger partial charge in [0.15, 0.2) is 0 Å². The van der Waals surface area contributed by atoms with Gasteiger partial charge in [-0.3, -0.25) is 24.3 Å². The van der Waals surface area contributed by atoms with Crippen LogP contribution in [0.15, 0.2) is 54.9 Å². The van der Waals surface area contributed by atoms with Crippen molar-refractivity contribution in [2.24, 2.45) is 5.92 Å². The van der Waals surface area contributed by atoms with Crippen LogP contribution in [0.1, 0.15) is 31.9 Å². The van der Waals surface area contributed by atoms with Crippen molar-refractivity contribution in [2.75, 3.05) is 26.7 Å². The average molecular weight is 495 g/mol. The van der Waals surface area contributed by atoms with Crippen molar-refractivity contribution in [3.63, 3.8) is 0 Å². The smallest absolute Gasteiger partial charge is 0.246 e. The van der Waals surface area contributed by atoms with Gasteiger partial charge in [-0.2, -0.15) is 0 Å². The summed E-state index contributed by atoms with van der Waals surface area (Å²) in [6.45, 7) is 8.01. The zero-order chi connectivity index (χ0) is 26.1. The highest BCUT2D eigenvalue weighted by Gasteiger charge is 2.39. The van der Waals surface area contributed by atoms with E-state index in [0.717, 1.165) is 11.1 Å². The summed E-state index contributed by atoms with van der Waals surface area (Å²) < 4.78 is 0. The highest BCUT2D eigenvalue weighted by Crippen LogP contribution is 2.17. The normalized spacial score (nSPS) is 17.9. The van der Waals surface area contributed by atoms with E-state index in [2.05, 4.69) is 38.0 Å². The molecular formula is C27H38N6O3. The van der Waals surface area contributed by atoms with Crippen LogP contribution in [0.5, 0.6) is 0 Å². The minimum Gasteiger partial charge on any atom is -0.350 e. The maximum Gasteiger partial charge on any atom is 0.246 e. The van der Waals surface area contributed by atoms with Crippen LogP contribution in [0.4, 0.5) is 0 Å². The molecule has 1 aromatic carbocycles. The van der Waals surface area contributed by atoms with Crippen LogP contribution in [0.3, 0.4) is 0 Å². The topological polar surface area (TPSA) is 107 Å². The van der Waals surface area contributed by atoms with Gasteiger partial charge in [-0.25, -0.2) is 0 Å². The summed E-state index contributed by atoms with van der Waals surface area (Å²) >= 11 is 0. The zero-order valence-electron chi connectivity index (χ0n) is 21.6. The van der Waals surface area contributed by atoms with E-state index in [4.69, 9.17) is 0 Å². The first-order valence-corrected chi connectivity index (χ1v) is 12.5. The number of nitrogens with zero attached hydrogens (tertiary/aromatic N) is 3. The first-order valence-electron chi connectivity index (χ1n) is 12.5. The molecule has 0 radical (unpaired) electrons. The van der Waals surface area contributed by atoms with Gasteiger partial charge in [-0.1, -0.05) is 50.2 Å². The average Bonchev–Trinajstić information content (AvgIpc) is 2.90. The van der Waals surface area contributed by atoms with Crippen LogP contribution in [-0.2, 0) is 27.5 Å². The SMILES string of the molecule is CN[C@@H](C)C(=O)N[C@H](C(=O)N1CCN(Cc2ccccc2)C[C@H]1C(=O)NCc1cccnc1)C(C)C. The minimum atomic E-state index is -0.720. The molecule has 2 heterocycles. The third kappa shape index (κ3) is 7.35. The lowest BCUT2D eigenvalue weighted by Gasteiger charge is -2.42. The summed E-state index contributed by atoms with van der Waals surface area (Å²) in [6, 6.07) is 12.0. The number of rotatable bonds is 10. The Morgan fingerprint density at radius 2 is 1.75 bits per heavy atom. The molecule has 1 aliphatic heterocycles. The molecular weight excluding hydrogens is 456 g/mol. The van der Waals surface area contributed by atoms with Gasteiger partial charge in [0.25, 0.3) is 0 Å². The van der Waals surface area contributed by atoms with Crippen LogP contribution in [0.25, 0.3) is 0 Å². The monoisotopic (exact) mass is 494 g/mol. The highest BCUT2D eigenvalue weighted by atomic mass is 16.2. The molecule has 9 heteroatoms. The summed E-state index contributed by atoms with van der Waals surface area (Å²) in [5.41, 5.74) is 2.04. The van der Waals surface area contributed by atoms with Gasteiger partial charge in [0, 0.05) is 45.1 Å². The number of likely N-dealkylation sites (N-methyl/N-ethyl adjacent to an activating group) is 1. The molecule has 1 fully saturated rings. The molecule has 36 heavy (non-hydrogen) atoms. The highest BCUT2D eigenvalue weighted by molar-refractivity contribution is 5.93. The maximum atomic E-state index is 13.7. The van der Waals surface area contributed by atoms with E-state index >= 15 is 0 Å². The molecule has 1 aliphatic rings. The van der Waals surface area contributed by atoms with Crippen LogP contribution in [0.2, 0.25) is 0 Å². The molecule has 0 aliphatic carbocycles. The Morgan fingerprint density at radius 3 is 2.39 bits per heavy atom. The third-order valence-corrected chi connectivity index (χ3v) is 6.55. The van der Waals surface area contributed by atoms with E-state index in [1.54, 1.807) is 31.3 Å². The van der Waals surface area contributed by atoms with Crippen molar-refractivity contribution in [2.45, 2.75) is 52.0 Å². The second-order valence-corrected chi connectivity index (χ2v) is 9.59. The first-order chi connectivity index (χ1) is 17.3. The summed E-state index contributed by atoms with van der Waals surface area (Å²) in [4.78, 5) is 47.6. The van der Waals surface area contributed by atoms with Crippen LogP contribution in [0, 0.1) is 5.92 Å². The fraction of sp³-hybridized carbons (Fsp3) is 0.481. The predicted octanol–water partition coefficient (Wildman–Crippen LogP) is 1.16. The van der Waals surface area contributed by atoms with Gasteiger partial charge in [-0.05, 0) is 37.1 Å². The standard InChI is InChI=1S/C27H38N6O3/c1-19(2)24(31-25(34)20(3)28-4)27(36)33-14-13-32(17-21-9-6-5-7-10-21)18-23(33)26(35)30-16-22-11-8-12-29-15-22/h5-12,15,19-20,23-24,28H,13-14,16-18H2,1-4H3,(H,30,35)(H,31,34)/t20-,23-,24-/m0/s1. The second kappa shape index (κ2) is 13.1. The van der Waals surface area contributed by atoms with Gasteiger partial charge in [0.05, 0.1) is 6.04 Å². The molecule has 194 valence electrons. The molecule has 3 rings (SSSR count). The van der Waals surface area contributed by atoms with Gasteiger partial charge in [-0.15, -0.1) is 0 Å². The lowest BCUT2D eigenvalue weighted by molar-refractivity contribution is -0.147. The van der Waals surface area contributed by atoms with E-state index in [-0.39, 0.29) is 23.6 Å². The number of hydrogen-bond acceptors (Lipinski definition) is 6. The number of pyridine rings is 1. The van der Waals surface area contributed by atoms with Crippen molar-refractivity contribution in [3.8, 4) is 0 Å². The van der Waals surface area contributed by atoms with Crippen molar-refractivity contribution in [1.29, 1.82) is 0 Å². The zero-order valence-corrected chi connectivity index (χ0v) is 21.6. The Kier molecular flexibility index (Phi) is 9.95. The van der Waals surface area contributed by atoms with E-state index in [1.807, 2.05) is 44.2 Å². The van der Waals surface area contributed by atoms with Gasteiger partial charge < -0.3 is 20.9 Å². The van der Waals surface area contributed by atoms with E-state index in [1.165, 1.54) is 0 Å². The number of benzene rings is 1. The van der Waals surface area contributed by atoms with E-state index in [9.17, 15) is 14.4 Å². The summed E-state index contributed by atoms with van der Waals surface area (Å²) in [7, 11) is 1.70. The lowest BCUT2D eigenvalue weighted by Crippen LogP contribution is -2.64. The summed E-state index contributed by atoms with van der Waals surface area (Å²) in [5.74, 6) is -0.832. The third-order valence-electron chi connectivity index (χ3n) is 6.55. The maximum absolute atomic E-state index is 13.7. The molecule has 0 bridgehead atoms. The quantitative estimate of drug-likeness (QED) is 0.458. The van der Waals surface area contributed by atoms with E-state index < -0.39 is 18.1 Å². The molecule has 0 spiro atoms. The fourth-order valence-electron chi connectivity index (χ4n) is 4.22. The number of carbonyl (C=O) groups excluding carboxylic acids is 3. The Bertz CT molecular complexity index is 1000. The number of piperazine rings is 1. The van der Waals surface area contributed by atoms with E-state index in [0.29, 0.717) is 32.7 Å². The molecule has 3 amide bonds. The number of nitrogens with one attached hydrogen (secondary N) is 3. The Morgan fingerprint density at radius 1 is 1.03 bits per heavy atom. The molecule has 1 aromatic heterocycles. The molecule has 2 aromatic rings. The second-order valence-electron chi connectivity index (χ2n) is 9.59. The van der Waals surface area contributed by atoms with Crippen molar-refractivity contribution in [1.82, 2.24) is 30.7 Å². The molecule has 3 atom stereocenters. The van der Waals surface area contributed by atoms with Crippen LogP contribution >= 0.6 is 0 Å². The number of aromatic nitrogens is 1. The summed E-state index contributed by atoms with van der Waals surface area (Å²) in [5, 5.41) is 8.77. The fourth-order valence-corrected chi connectivity index (χ4v) is 4.22. The van der Waals surface area contributed by atoms with Crippen molar-refractivity contribution in [3.05, 3.63) is 66.0 Å². The summed E-state index contributed by atoms with van der Waals surface area (Å²) in [6.07, 6.45) is 3.39. The van der Waals surface area contributed by atoms with Gasteiger partial charge in [0.1, 0.15) is 12.1 Å². The van der Waals surface area contributed by atoms with Gasteiger partial charge in [0.2, 0.25) is 17.7 Å². The molecule has 3 N–H and O–H groups in total. The molecule has 1 saturated heterocycles. The van der Waals surface area contributed by atoms with Crippen LogP contribution < -0.4 is 16.0 Å². The predicted molar refractivity (Wildman–Crippen MR) is 139 cm³/mol. The van der Waals surface area contributed by atoms with Crippen LogP contribution in [-0.4, -0.2) is 77.3 Å². The number of hydrogen-bond donors (Lipinski definition) is 3. The lowest BCUT2D eigenvalue weighted by atomic mass is 9.99. The van der Waals surface area contributed by atoms with Crippen molar-refractivity contribution >= 4 is 17.7 Å². The van der Waals surface area contributed by atoms with Crippen molar-refractivity contribution < 1.29 is 14.4 Å². The Hall–Kier alpha value is -3.30. The Balaban J connectivity index is 1.78. The number of carbonyl (C=O) groups is 3. The molecule has 9 nitrogen and oxygen atoms in total. The van der Waals surface area contributed by atoms with Gasteiger partial charge >= 0.3 is 0 Å². The largest absolute Gasteiger partial charge is 0.350 e.